The topological polar surface area (TPSA) is 38.3 Å². The van der Waals surface area contributed by atoms with Gasteiger partial charge < -0.3 is 10.1 Å². The summed E-state index contributed by atoms with van der Waals surface area (Å²) in [6.45, 7) is 4.94. The van der Waals surface area contributed by atoms with Crippen LogP contribution in [0.25, 0.3) is 0 Å². The van der Waals surface area contributed by atoms with Crippen molar-refractivity contribution in [3.8, 4) is 0 Å². The van der Waals surface area contributed by atoms with Crippen molar-refractivity contribution in [3.63, 3.8) is 0 Å². The summed E-state index contributed by atoms with van der Waals surface area (Å²) in [5.41, 5.74) is 2.89. The maximum absolute atomic E-state index is 12.3. The summed E-state index contributed by atoms with van der Waals surface area (Å²) in [5.74, 6) is -0.0341. The van der Waals surface area contributed by atoms with Gasteiger partial charge >= 0.3 is 5.97 Å². The summed E-state index contributed by atoms with van der Waals surface area (Å²) in [4.78, 5) is 12.3. The molecule has 0 saturated carbocycles. The molecule has 0 fully saturated rings. The van der Waals surface area contributed by atoms with Crippen molar-refractivity contribution in [1.29, 1.82) is 0 Å². The lowest BCUT2D eigenvalue weighted by molar-refractivity contribution is -0.139. The lowest BCUT2D eigenvalue weighted by Crippen LogP contribution is -2.23. The molecule has 3 nitrogen and oxygen atoms in total. The Morgan fingerprint density at radius 3 is 2.73 bits per heavy atom. The third-order valence-electron chi connectivity index (χ3n) is 3.92. The fraction of sp³-hybridized carbons (Fsp3) is 0.421. The van der Waals surface area contributed by atoms with E-state index >= 15 is 0 Å². The zero-order chi connectivity index (χ0) is 15.8. The molecule has 1 aliphatic rings. The largest absolute Gasteiger partial charge is 0.463 e. The second-order valence-corrected chi connectivity index (χ2v) is 5.56. The van der Waals surface area contributed by atoms with E-state index in [1.807, 2.05) is 32.0 Å². The Morgan fingerprint density at radius 1 is 1.32 bits per heavy atom. The van der Waals surface area contributed by atoms with Gasteiger partial charge in [-0.25, -0.2) is 4.79 Å². The van der Waals surface area contributed by atoms with Crippen LogP contribution in [0.15, 0.2) is 53.8 Å². The van der Waals surface area contributed by atoms with Crippen molar-refractivity contribution in [3.05, 3.63) is 59.3 Å². The van der Waals surface area contributed by atoms with Gasteiger partial charge in [-0.05, 0) is 38.7 Å². The van der Waals surface area contributed by atoms with E-state index in [0.29, 0.717) is 13.2 Å². The van der Waals surface area contributed by atoms with Crippen molar-refractivity contribution in [2.45, 2.75) is 39.7 Å². The summed E-state index contributed by atoms with van der Waals surface area (Å²) in [5, 5.41) is 3.38. The first kappa shape index (κ1) is 16.3. The SMILES string of the molecule is CCOC(=O)/C(=C(/C)NCc1ccccc1)C1C=CCCC1. The molecule has 0 heterocycles. The van der Waals surface area contributed by atoms with Gasteiger partial charge in [-0.1, -0.05) is 42.5 Å². The minimum atomic E-state index is -0.197. The summed E-state index contributed by atoms with van der Waals surface area (Å²) in [6, 6.07) is 10.2. The van der Waals surface area contributed by atoms with Crippen LogP contribution in [-0.4, -0.2) is 12.6 Å². The number of esters is 1. The van der Waals surface area contributed by atoms with E-state index in [-0.39, 0.29) is 11.9 Å². The Morgan fingerprint density at radius 2 is 2.09 bits per heavy atom. The zero-order valence-corrected chi connectivity index (χ0v) is 13.5. The molecule has 3 heteroatoms. The number of carbonyl (C=O) groups excluding carboxylic acids is 1. The molecule has 1 unspecified atom stereocenters. The van der Waals surface area contributed by atoms with Gasteiger partial charge in [0.25, 0.3) is 0 Å². The Balaban J connectivity index is 2.15. The van der Waals surface area contributed by atoms with E-state index in [2.05, 4.69) is 29.6 Å². The van der Waals surface area contributed by atoms with E-state index in [1.54, 1.807) is 0 Å². The number of rotatable bonds is 6. The molecule has 22 heavy (non-hydrogen) atoms. The second-order valence-electron chi connectivity index (χ2n) is 5.56. The Labute approximate surface area is 133 Å². The third kappa shape index (κ3) is 4.48. The van der Waals surface area contributed by atoms with Crippen LogP contribution in [0, 0.1) is 5.92 Å². The molecule has 1 aromatic carbocycles. The average molecular weight is 299 g/mol. The smallest absolute Gasteiger partial charge is 0.336 e. The van der Waals surface area contributed by atoms with E-state index in [9.17, 15) is 4.79 Å². The molecule has 1 aliphatic carbocycles. The third-order valence-corrected chi connectivity index (χ3v) is 3.92. The van der Waals surface area contributed by atoms with Gasteiger partial charge in [-0.3, -0.25) is 0 Å². The van der Waals surface area contributed by atoms with Crippen molar-refractivity contribution in [1.82, 2.24) is 5.32 Å². The number of carbonyl (C=O) groups is 1. The van der Waals surface area contributed by atoms with Crippen molar-refractivity contribution >= 4 is 5.97 Å². The summed E-state index contributed by atoms with van der Waals surface area (Å²) in [6.07, 6.45) is 7.54. The van der Waals surface area contributed by atoms with Crippen LogP contribution >= 0.6 is 0 Å². The molecule has 2 rings (SSSR count). The molecule has 1 atom stereocenters. The van der Waals surface area contributed by atoms with Gasteiger partial charge in [-0.15, -0.1) is 0 Å². The van der Waals surface area contributed by atoms with Gasteiger partial charge in [0.15, 0.2) is 0 Å². The van der Waals surface area contributed by atoms with Crippen molar-refractivity contribution in [2.24, 2.45) is 5.92 Å². The highest BCUT2D eigenvalue weighted by Crippen LogP contribution is 2.27. The van der Waals surface area contributed by atoms with E-state index < -0.39 is 0 Å². The molecule has 0 radical (unpaired) electrons. The predicted octanol–water partition coefficient (Wildman–Crippen LogP) is 3.97. The molecular formula is C19H25NO2. The summed E-state index contributed by atoms with van der Waals surface area (Å²) < 4.78 is 5.26. The van der Waals surface area contributed by atoms with Crippen molar-refractivity contribution < 1.29 is 9.53 Å². The minimum Gasteiger partial charge on any atom is -0.463 e. The van der Waals surface area contributed by atoms with Gasteiger partial charge in [-0.2, -0.15) is 0 Å². The highest BCUT2D eigenvalue weighted by atomic mass is 16.5. The average Bonchev–Trinajstić information content (AvgIpc) is 2.55. The van der Waals surface area contributed by atoms with Gasteiger partial charge in [0.05, 0.1) is 12.2 Å². The minimum absolute atomic E-state index is 0.163. The molecular weight excluding hydrogens is 274 g/mol. The second kappa shape index (κ2) is 8.42. The van der Waals surface area contributed by atoms with Crippen LogP contribution in [-0.2, 0) is 16.1 Å². The molecule has 0 saturated heterocycles. The standard InChI is InChI=1S/C19H25NO2/c1-3-22-19(21)18(17-12-8-5-9-13-17)15(2)20-14-16-10-6-4-7-11-16/h4,6-8,10-12,17,20H,3,5,9,13-14H2,1-2H3/b18-15-. The van der Waals surface area contributed by atoms with E-state index in [1.165, 1.54) is 5.56 Å². The fourth-order valence-electron chi connectivity index (χ4n) is 2.77. The number of nitrogens with one attached hydrogen (secondary N) is 1. The maximum Gasteiger partial charge on any atom is 0.336 e. The van der Waals surface area contributed by atoms with Crippen LogP contribution in [0.1, 0.15) is 38.7 Å². The molecule has 0 bridgehead atoms. The monoisotopic (exact) mass is 299 g/mol. The van der Waals surface area contributed by atoms with Gasteiger partial charge in [0.2, 0.25) is 0 Å². The number of ether oxygens (including phenoxy) is 1. The highest BCUT2D eigenvalue weighted by molar-refractivity contribution is 5.90. The Bertz CT molecular complexity index is 546. The molecule has 0 spiro atoms. The first-order valence-electron chi connectivity index (χ1n) is 8.04. The number of hydrogen-bond acceptors (Lipinski definition) is 3. The number of benzene rings is 1. The lowest BCUT2D eigenvalue weighted by Gasteiger charge is -2.22. The molecule has 1 aromatic rings. The first-order valence-corrected chi connectivity index (χ1v) is 8.04. The Hall–Kier alpha value is -2.03. The highest BCUT2D eigenvalue weighted by Gasteiger charge is 2.23. The van der Waals surface area contributed by atoms with Crippen LogP contribution in [0.4, 0.5) is 0 Å². The molecule has 0 aromatic heterocycles. The van der Waals surface area contributed by atoms with Crippen molar-refractivity contribution in [2.75, 3.05) is 6.61 Å². The van der Waals surface area contributed by atoms with E-state index in [4.69, 9.17) is 4.74 Å². The van der Waals surface area contributed by atoms with Gasteiger partial charge in [0, 0.05) is 18.2 Å². The molecule has 0 amide bonds. The molecule has 0 aliphatic heterocycles. The normalized spacial score (nSPS) is 18.5. The van der Waals surface area contributed by atoms with Crippen LogP contribution < -0.4 is 5.32 Å². The molecule has 1 N–H and O–H groups in total. The number of hydrogen-bond donors (Lipinski definition) is 1. The zero-order valence-electron chi connectivity index (χ0n) is 13.5. The Kier molecular flexibility index (Phi) is 6.26. The van der Waals surface area contributed by atoms with Crippen LogP contribution in [0.2, 0.25) is 0 Å². The number of allylic oxidation sites excluding steroid dienone is 3. The van der Waals surface area contributed by atoms with Crippen LogP contribution in [0.3, 0.4) is 0 Å². The van der Waals surface area contributed by atoms with E-state index in [0.717, 1.165) is 30.5 Å². The summed E-state index contributed by atoms with van der Waals surface area (Å²) in [7, 11) is 0. The first-order chi connectivity index (χ1) is 10.7. The quantitative estimate of drug-likeness (QED) is 0.491. The predicted molar refractivity (Wildman–Crippen MR) is 89.1 cm³/mol. The fourth-order valence-corrected chi connectivity index (χ4v) is 2.77. The summed E-state index contributed by atoms with van der Waals surface area (Å²) >= 11 is 0. The maximum atomic E-state index is 12.3. The molecule has 118 valence electrons. The van der Waals surface area contributed by atoms with Gasteiger partial charge in [0.1, 0.15) is 0 Å². The van der Waals surface area contributed by atoms with Crippen LogP contribution in [0.5, 0.6) is 0 Å². The lowest BCUT2D eigenvalue weighted by atomic mass is 9.88.